The van der Waals surface area contributed by atoms with Gasteiger partial charge in [-0.25, -0.2) is 0 Å². The van der Waals surface area contributed by atoms with Crippen molar-refractivity contribution in [1.29, 1.82) is 0 Å². The quantitative estimate of drug-likeness (QED) is 0.848. The molecule has 0 N–H and O–H groups in total. The van der Waals surface area contributed by atoms with Crippen LogP contribution in [-0.2, 0) is 17.9 Å². The van der Waals surface area contributed by atoms with Gasteiger partial charge in [-0.3, -0.25) is 9.69 Å². The SMILES string of the molecule is Cc1cccc(CN2CC[C@]3(CCN(Cc4ccsc4)C3)C2=O)c1. The summed E-state index contributed by atoms with van der Waals surface area (Å²) in [5.74, 6) is 0.372. The van der Waals surface area contributed by atoms with Crippen molar-refractivity contribution in [2.45, 2.75) is 32.9 Å². The molecule has 3 heterocycles. The van der Waals surface area contributed by atoms with E-state index in [9.17, 15) is 4.79 Å². The molecule has 0 radical (unpaired) electrons. The predicted octanol–water partition coefficient (Wildman–Crippen LogP) is 3.68. The summed E-state index contributed by atoms with van der Waals surface area (Å²) in [6.07, 6.45) is 2.03. The van der Waals surface area contributed by atoms with Crippen LogP contribution in [0.5, 0.6) is 0 Å². The van der Waals surface area contributed by atoms with E-state index in [1.165, 1.54) is 16.7 Å². The van der Waals surface area contributed by atoms with Crippen molar-refractivity contribution in [2.24, 2.45) is 5.41 Å². The number of benzene rings is 1. The third-order valence-corrected chi connectivity index (χ3v) is 6.21. The van der Waals surface area contributed by atoms with E-state index in [-0.39, 0.29) is 5.41 Å². The maximum atomic E-state index is 13.1. The van der Waals surface area contributed by atoms with Gasteiger partial charge >= 0.3 is 0 Å². The summed E-state index contributed by atoms with van der Waals surface area (Å²) in [5, 5.41) is 4.34. The molecule has 1 atom stereocenters. The molecule has 2 saturated heterocycles. The second-order valence-corrected chi connectivity index (χ2v) is 8.12. The van der Waals surface area contributed by atoms with E-state index in [1.54, 1.807) is 11.3 Å². The summed E-state index contributed by atoms with van der Waals surface area (Å²) in [6, 6.07) is 10.7. The number of amides is 1. The van der Waals surface area contributed by atoms with Gasteiger partial charge in [0.25, 0.3) is 0 Å². The van der Waals surface area contributed by atoms with Gasteiger partial charge in [0.1, 0.15) is 0 Å². The number of aryl methyl sites for hydroxylation is 1. The number of thiophene rings is 1. The first kappa shape index (κ1) is 15.9. The average molecular weight is 340 g/mol. The van der Waals surface area contributed by atoms with Crippen LogP contribution in [0, 0.1) is 12.3 Å². The fourth-order valence-electron chi connectivity index (χ4n) is 4.19. The van der Waals surface area contributed by atoms with E-state index in [1.807, 2.05) is 0 Å². The number of hydrogen-bond donors (Lipinski definition) is 0. The highest BCUT2D eigenvalue weighted by Gasteiger charge is 2.50. The Labute approximate surface area is 147 Å². The van der Waals surface area contributed by atoms with Crippen LogP contribution in [0.25, 0.3) is 0 Å². The van der Waals surface area contributed by atoms with E-state index in [0.717, 1.165) is 45.6 Å². The lowest BCUT2D eigenvalue weighted by Crippen LogP contribution is -2.36. The maximum absolute atomic E-state index is 13.1. The van der Waals surface area contributed by atoms with Gasteiger partial charge in [-0.2, -0.15) is 11.3 Å². The maximum Gasteiger partial charge on any atom is 0.230 e. The first-order valence-corrected chi connectivity index (χ1v) is 9.67. The van der Waals surface area contributed by atoms with E-state index < -0.39 is 0 Å². The number of carbonyl (C=O) groups is 1. The van der Waals surface area contributed by atoms with Crippen LogP contribution in [0.15, 0.2) is 41.1 Å². The fourth-order valence-corrected chi connectivity index (χ4v) is 4.85. The lowest BCUT2D eigenvalue weighted by Gasteiger charge is -2.24. The van der Waals surface area contributed by atoms with Gasteiger partial charge < -0.3 is 4.90 Å². The fraction of sp³-hybridized carbons (Fsp3) is 0.450. The molecule has 0 saturated carbocycles. The zero-order valence-corrected chi connectivity index (χ0v) is 15.0. The van der Waals surface area contributed by atoms with Crippen LogP contribution in [0.1, 0.15) is 29.5 Å². The molecule has 1 spiro atoms. The number of carbonyl (C=O) groups excluding carboxylic acids is 1. The molecule has 1 amide bonds. The van der Waals surface area contributed by atoms with E-state index in [4.69, 9.17) is 0 Å². The van der Waals surface area contributed by atoms with Gasteiger partial charge in [-0.15, -0.1) is 0 Å². The summed E-state index contributed by atoms with van der Waals surface area (Å²) < 4.78 is 0. The van der Waals surface area contributed by atoms with Crippen LogP contribution in [0.2, 0.25) is 0 Å². The Morgan fingerprint density at radius 1 is 1.12 bits per heavy atom. The smallest absolute Gasteiger partial charge is 0.230 e. The Morgan fingerprint density at radius 3 is 2.79 bits per heavy atom. The van der Waals surface area contributed by atoms with E-state index >= 15 is 0 Å². The summed E-state index contributed by atoms with van der Waals surface area (Å²) in [4.78, 5) is 17.6. The first-order valence-electron chi connectivity index (χ1n) is 8.73. The molecule has 3 nitrogen and oxygen atoms in total. The zero-order chi connectivity index (χ0) is 16.6. The minimum atomic E-state index is -0.125. The van der Waals surface area contributed by atoms with Crippen molar-refractivity contribution in [3.05, 3.63) is 57.8 Å². The molecule has 1 aromatic carbocycles. The Bertz CT molecular complexity index is 727. The lowest BCUT2D eigenvalue weighted by molar-refractivity contribution is -0.136. The van der Waals surface area contributed by atoms with Gasteiger partial charge in [0.2, 0.25) is 5.91 Å². The molecule has 2 aliphatic rings. The van der Waals surface area contributed by atoms with Crippen molar-refractivity contribution in [3.63, 3.8) is 0 Å². The Hall–Kier alpha value is -1.65. The van der Waals surface area contributed by atoms with Crippen molar-refractivity contribution >= 4 is 17.2 Å². The Morgan fingerprint density at radius 2 is 2.00 bits per heavy atom. The van der Waals surface area contributed by atoms with Crippen LogP contribution >= 0.6 is 11.3 Å². The molecular formula is C20H24N2OS. The molecule has 0 bridgehead atoms. The summed E-state index contributed by atoms with van der Waals surface area (Å²) in [5.41, 5.74) is 3.75. The lowest BCUT2D eigenvalue weighted by atomic mass is 9.85. The molecule has 1 aromatic heterocycles. The third-order valence-electron chi connectivity index (χ3n) is 5.48. The number of likely N-dealkylation sites (tertiary alicyclic amines) is 2. The average Bonchev–Trinajstić information content (AvgIpc) is 3.27. The third kappa shape index (κ3) is 3.01. The molecular weight excluding hydrogens is 316 g/mol. The van der Waals surface area contributed by atoms with Gasteiger partial charge in [-0.1, -0.05) is 29.8 Å². The standard InChI is InChI=1S/C20H24N2OS/c1-16-3-2-4-17(11-16)13-22-9-7-20(19(22)23)6-8-21(15-20)12-18-5-10-24-14-18/h2-5,10-11,14H,6-9,12-13,15H2,1H3/t20-/m0/s1. The molecule has 2 aromatic rings. The highest BCUT2D eigenvalue weighted by atomic mass is 32.1. The highest BCUT2D eigenvalue weighted by Crippen LogP contribution is 2.41. The van der Waals surface area contributed by atoms with Crippen LogP contribution in [0.4, 0.5) is 0 Å². The van der Waals surface area contributed by atoms with Crippen LogP contribution in [-0.4, -0.2) is 35.3 Å². The minimum absolute atomic E-state index is 0.125. The zero-order valence-electron chi connectivity index (χ0n) is 14.2. The Balaban J connectivity index is 1.41. The first-order chi connectivity index (χ1) is 11.6. The normalized spacial score (nSPS) is 24.4. The number of nitrogens with zero attached hydrogens (tertiary/aromatic N) is 2. The van der Waals surface area contributed by atoms with Crippen LogP contribution < -0.4 is 0 Å². The molecule has 24 heavy (non-hydrogen) atoms. The van der Waals surface area contributed by atoms with Crippen molar-refractivity contribution < 1.29 is 4.79 Å². The number of hydrogen-bond acceptors (Lipinski definition) is 3. The van der Waals surface area contributed by atoms with Gasteiger partial charge in [0.15, 0.2) is 0 Å². The van der Waals surface area contributed by atoms with Gasteiger partial charge in [0.05, 0.1) is 5.41 Å². The van der Waals surface area contributed by atoms with E-state index in [2.05, 4.69) is 57.8 Å². The molecule has 0 unspecified atom stereocenters. The largest absolute Gasteiger partial charge is 0.338 e. The van der Waals surface area contributed by atoms with Crippen molar-refractivity contribution in [2.75, 3.05) is 19.6 Å². The second kappa shape index (κ2) is 6.34. The topological polar surface area (TPSA) is 23.6 Å². The van der Waals surface area contributed by atoms with Crippen molar-refractivity contribution in [3.8, 4) is 0 Å². The molecule has 2 aliphatic heterocycles. The molecule has 2 fully saturated rings. The molecule has 0 aliphatic carbocycles. The second-order valence-electron chi connectivity index (χ2n) is 7.34. The van der Waals surface area contributed by atoms with Gasteiger partial charge in [-0.05, 0) is 54.3 Å². The summed E-state index contributed by atoms with van der Waals surface area (Å²) in [6.45, 7) is 6.71. The van der Waals surface area contributed by atoms with Gasteiger partial charge in [0, 0.05) is 26.2 Å². The monoisotopic (exact) mass is 340 g/mol. The molecule has 4 rings (SSSR count). The van der Waals surface area contributed by atoms with Crippen LogP contribution in [0.3, 0.4) is 0 Å². The van der Waals surface area contributed by atoms with E-state index in [0.29, 0.717) is 5.91 Å². The minimum Gasteiger partial charge on any atom is -0.338 e. The summed E-state index contributed by atoms with van der Waals surface area (Å²) in [7, 11) is 0. The molecule has 4 heteroatoms. The number of rotatable bonds is 4. The highest BCUT2D eigenvalue weighted by molar-refractivity contribution is 7.07. The summed E-state index contributed by atoms with van der Waals surface area (Å²) >= 11 is 1.75. The Kier molecular flexibility index (Phi) is 4.19. The predicted molar refractivity (Wildman–Crippen MR) is 97.9 cm³/mol. The molecule has 126 valence electrons. The van der Waals surface area contributed by atoms with Crippen molar-refractivity contribution in [1.82, 2.24) is 9.80 Å².